The Hall–Kier alpha value is -1.43. The van der Waals surface area contributed by atoms with Crippen molar-refractivity contribution in [3.8, 4) is 0 Å². The molecule has 3 atom stereocenters. The summed E-state index contributed by atoms with van der Waals surface area (Å²) in [6.45, 7) is 2.93. The summed E-state index contributed by atoms with van der Waals surface area (Å²) in [5, 5.41) is 11.5. The zero-order chi connectivity index (χ0) is 14.1. The predicted octanol–water partition coefficient (Wildman–Crippen LogP) is 0.919. The molecule has 1 amide bonds. The Labute approximate surface area is 119 Å². The van der Waals surface area contributed by atoms with Crippen molar-refractivity contribution < 1.29 is 4.79 Å². The van der Waals surface area contributed by atoms with Crippen LogP contribution in [0.25, 0.3) is 0 Å². The number of hydrogen-bond acceptors (Lipinski definition) is 4. The van der Waals surface area contributed by atoms with Crippen LogP contribution in [0.5, 0.6) is 0 Å². The highest BCUT2D eigenvalue weighted by molar-refractivity contribution is 5.79. The highest BCUT2D eigenvalue weighted by atomic mass is 16.2. The molecule has 1 saturated carbocycles. The second-order valence-electron chi connectivity index (χ2n) is 6.01. The van der Waals surface area contributed by atoms with Crippen molar-refractivity contribution in [1.82, 2.24) is 20.1 Å². The van der Waals surface area contributed by atoms with Gasteiger partial charge in [0.2, 0.25) is 5.91 Å². The fraction of sp³-hybridized carbons (Fsp3) is 0.786. The summed E-state index contributed by atoms with van der Waals surface area (Å²) in [5.74, 6) is 1.93. The summed E-state index contributed by atoms with van der Waals surface area (Å²) in [5.41, 5.74) is 6.07. The number of hydrogen-bond donors (Lipinski definition) is 2. The average Bonchev–Trinajstić information content (AvgIpc) is 3.00. The fourth-order valence-electron chi connectivity index (χ4n) is 3.36. The molecule has 3 unspecified atom stereocenters. The van der Waals surface area contributed by atoms with Gasteiger partial charge < -0.3 is 15.6 Å². The maximum atomic E-state index is 12.4. The van der Waals surface area contributed by atoms with Gasteiger partial charge in [0, 0.05) is 19.0 Å². The van der Waals surface area contributed by atoms with Gasteiger partial charge in [-0.3, -0.25) is 4.79 Å². The lowest BCUT2D eigenvalue weighted by molar-refractivity contribution is -0.127. The minimum atomic E-state index is -0.101. The van der Waals surface area contributed by atoms with Gasteiger partial charge in [0.15, 0.2) is 5.82 Å². The summed E-state index contributed by atoms with van der Waals surface area (Å²) >= 11 is 0. The van der Waals surface area contributed by atoms with E-state index >= 15 is 0 Å². The van der Waals surface area contributed by atoms with Gasteiger partial charge in [-0.05, 0) is 26.2 Å². The molecule has 0 bridgehead atoms. The Balaban J connectivity index is 1.66. The molecule has 0 aromatic carbocycles. The lowest BCUT2D eigenvalue weighted by Crippen LogP contribution is -2.44. The first-order valence-corrected chi connectivity index (χ1v) is 7.64. The molecule has 0 saturated heterocycles. The van der Waals surface area contributed by atoms with Gasteiger partial charge >= 0.3 is 0 Å². The van der Waals surface area contributed by atoms with Gasteiger partial charge in [-0.15, -0.1) is 10.2 Å². The number of carbonyl (C=O) groups is 1. The second-order valence-corrected chi connectivity index (χ2v) is 6.01. The van der Waals surface area contributed by atoms with Crippen LogP contribution in [0, 0.1) is 5.92 Å². The molecule has 0 radical (unpaired) electrons. The zero-order valence-corrected chi connectivity index (χ0v) is 12.0. The molecule has 1 aromatic rings. The molecular weight excluding hydrogens is 254 g/mol. The van der Waals surface area contributed by atoms with Crippen molar-refractivity contribution in [2.45, 2.75) is 64.1 Å². The van der Waals surface area contributed by atoms with Crippen molar-refractivity contribution in [1.29, 1.82) is 0 Å². The third-order valence-electron chi connectivity index (χ3n) is 4.54. The number of nitrogens with one attached hydrogen (secondary N) is 1. The van der Waals surface area contributed by atoms with E-state index in [2.05, 4.69) is 20.1 Å². The van der Waals surface area contributed by atoms with Crippen LogP contribution in [0.4, 0.5) is 0 Å². The molecule has 2 heterocycles. The molecular formula is C14H23N5O. The monoisotopic (exact) mass is 277 g/mol. The number of nitrogens with two attached hydrogens (primary N) is 1. The number of aromatic nitrogens is 3. The van der Waals surface area contributed by atoms with Crippen LogP contribution >= 0.6 is 0 Å². The molecule has 1 fully saturated rings. The van der Waals surface area contributed by atoms with E-state index < -0.39 is 0 Å². The first-order chi connectivity index (χ1) is 9.66. The molecule has 1 aliphatic heterocycles. The van der Waals surface area contributed by atoms with Crippen LogP contribution in [-0.4, -0.2) is 26.7 Å². The Morgan fingerprint density at radius 3 is 2.95 bits per heavy atom. The fourth-order valence-corrected chi connectivity index (χ4v) is 3.36. The molecule has 20 heavy (non-hydrogen) atoms. The standard InChI is InChI=1S/C14H23N5O/c1-9(13-18-17-12-7-4-8-19(12)13)16-14(20)10-5-2-3-6-11(10)15/h9-11H,2-8,15H2,1H3,(H,16,20). The first-order valence-electron chi connectivity index (χ1n) is 7.64. The van der Waals surface area contributed by atoms with Gasteiger partial charge in [-0.25, -0.2) is 0 Å². The Bertz CT molecular complexity index is 498. The molecule has 1 aromatic heterocycles. The van der Waals surface area contributed by atoms with Crippen LogP contribution < -0.4 is 11.1 Å². The summed E-state index contributed by atoms with van der Waals surface area (Å²) in [7, 11) is 0. The van der Waals surface area contributed by atoms with Crippen LogP contribution in [0.1, 0.15) is 56.7 Å². The third-order valence-corrected chi connectivity index (χ3v) is 4.54. The number of nitrogens with zero attached hydrogens (tertiary/aromatic N) is 3. The number of amides is 1. The van der Waals surface area contributed by atoms with E-state index in [1.165, 1.54) is 0 Å². The summed E-state index contributed by atoms with van der Waals surface area (Å²) < 4.78 is 2.13. The Kier molecular flexibility index (Phi) is 3.74. The molecule has 2 aliphatic rings. The van der Waals surface area contributed by atoms with E-state index in [0.29, 0.717) is 0 Å². The third kappa shape index (κ3) is 2.44. The average molecular weight is 277 g/mol. The van der Waals surface area contributed by atoms with Gasteiger partial charge in [-0.1, -0.05) is 12.8 Å². The summed E-state index contributed by atoms with van der Waals surface area (Å²) in [4.78, 5) is 12.4. The minimum absolute atomic E-state index is 0.0000597. The van der Waals surface area contributed by atoms with Crippen LogP contribution in [0.2, 0.25) is 0 Å². The van der Waals surface area contributed by atoms with Gasteiger partial charge in [0.25, 0.3) is 0 Å². The number of rotatable bonds is 3. The predicted molar refractivity (Wildman–Crippen MR) is 74.8 cm³/mol. The van der Waals surface area contributed by atoms with Crippen molar-refractivity contribution in [2.24, 2.45) is 11.7 Å². The first kappa shape index (κ1) is 13.5. The number of fused-ring (bicyclic) bond motifs is 1. The quantitative estimate of drug-likeness (QED) is 0.860. The SMILES string of the molecule is CC(NC(=O)C1CCCCC1N)c1nnc2n1CCC2. The normalized spacial score (nSPS) is 27.1. The Morgan fingerprint density at radius 2 is 2.15 bits per heavy atom. The van der Waals surface area contributed by atoms with Crippen molar-refractivity contribution in [2.75, 3.05) is 0 Å². The highest BCUT2D eigenvalue weighted by Gasteiger charge is 2.30. The topological polar surface area (TPSA) is 85.8 Å². The van der Waals surface area contributed by atoms with E-state index in [-0.39, 0.29) is 23.9 Å². The molecule has 6 nitrogen and oxygen atoms in total. The molecule has 110 valence electrons. The van der Waals surface area contributed by atoms with E-state index in [1.807, 2.05) is 6.92 Å². The van der Waals surface area contributed by atoms with E-state index in [0.717, 1.165) is 56.7 Å². The molecule has 1 aliphatic carbocycles. The smallest absolute Gasteiger partial charge is 0.225 e. The van der Waals surface area contributed by atoms with Crippen LogP contribution in [-0.2, 0) is 17.8 Å². The summed E-state index contributed by atoms with van der Waals surface area (Å²) in [6.07, 6.45) is 6.19. The lowest BCUT2D eigenvalue weighted by atomic mass is 9.84. The largest absolute Gasteiger partial charge is 0.346 e. The summed E-state index contributed by atoms with van der Waals surface area (Å²) in [6, 6.07) is -0.101. The zero-order valence-electron chi connectivity index (χ0n) is 12.0. The number of aryl methyl sites for hydroxylation is 1. The molecule has 3 rings (SSSR count). The Morgan fingerprint density at radius 1 is 1.35 bits per heavy atom. The number of carbonyl (C=O) groups excluding carboxylic acids is 1. The highest BCUT2D eigenvalue weighted by Crippen LogP contribution is 2.24. The van der Waals surface area contributed by atoms with E-state index in [4.69, 9.17) is 5.73 Å². The lowest BCUT2D eigenvalue weighted by Gasteiger charge is -2.28. The van der Waals surface area contributed by atoms with Crippen molar-refractivity contribution >= 4 is 5.91 Å². The molecule has 0 spiro atoms. The van der Waals surface area contributed by atoms with Gasteiger partial charge in [0.1, 0.15) is 5.82 Å². The molecule has 6 heteroatoms. The van der Waals surface area contributed by atoms with E-state index in [9.17, 15) is 4.79 Å². The van der Waals surface area contributed by atoms with Gasteiger partial charge in [-0.2, -0.15) is 0 Å². The minimum Gasteiger partial charge on any atom is -0.346 e. The van der Waals surface area contributed by atoms with Crippen LogP contribution in [0.15, 0.2) is 0 Å². The van der Waals surface area contributed by atoms with Crippen molar-refractivity contribution in [3.63, 3.8) is 0 Å². The maximum absolute atomic E-state index is 12.4. The molecule has 3 N–H and O–H groups in total. The second kappa shape index (κ2) is 5.52. The van der Waals surface area contributed by atoms with E-state index in [1.54, 1.807) is 0 Å². The van der Waals surface area contributed by atoms with Crippen molar-refractivity contribution in [3.05, 3.63) is 11.6 Å². The maximum Gasteiger partial charge on any atom is 0.225 e. The van der Waals surface area contributed by atoms with Crippen LogP contribution in [0.3, 0.4) is 0 Å². The van der Waals surface area contributed by atoms with Gasteiger partial charge in [0.05, 0.1) is 12.0 Å².